The van der Waals surface area contributed by atoms with E-state index in [1.165, 1.54) is 17.7 Å². The Morgan fingerprint density at radius 2 is 1.61 bits per heavy atom. The van der Waals surface area contributed by atoms with Crippen molar-refractivity contribution in [3.05, 3.63) is 66.0 Å². The number of piperazine rings is 1. The van der Waals surface area contributed by atoms with Crippen LogP contribution in [0, 0.1) is 5.82 Å². The van der Waals surface area contributed by atoms with Crippen LogP contribution in [0.5, 0.6) is 0 Å². The van der Waals surface area contributed by atoms with Crippen LogP contribution in [0.1, 0.15) is 11.7 Å². The summed E-state index contributed by atoms with van der Waals surface area (Å²) in [7, 11) is 1.77. The van der Waals surface area contributed by atoms with Crippen molar-refractivity contribution in [1.29, 1.82) is 0 Å². The van der Waals surface area contributed by atoms with Crippen LogP contribution in [-0.4, -0.2) is 44.7 Å². The molecule has 0 radical (unpaired) electrons. The minimum atomic E-state index is -0.182. The molecule has 1 fully saturated rings. The molecule has 0 aromatic heterocycles. The van der Waals surface area contributed by atoms with E-state index < -0.39 is 0 Å². The third-order valence-electron chi connectivity index (χ3n) is 4.44. The molecule has 0 N–H and O–H groups in total. The third kappa shape index (κ3) is 4.09. The van der Waals surface area contributed by atoms with Crippen molar-refractivity contribution in [3.63, 3.8) is 0 Å². The highest BCUT2D eigenvalue weighted by atomic mass is 19.1. The fraction of sp³-hybridized carbons (Fsp3) is 0.368. The van der Waals surface area contributed by atoms with Gasteiger partial charge in [-0.25, -0.2) is 4.39 Å². The Labute approximate surface area is 137 Å². The number of rotatable bonds is 5. The smallest absolute Gasteiger partial charge is 0.123 e. The summed E-state index contributed by atoms with van der Waals surface area (Å²) in [4.78, 5) is 4.74. The second kappa shape index (κ2) is 7.57. The summed E-state index contributed by atoms with van der Waals surface area (Å²) in [5.74, 6) is -0.182. The normalized spacial score (nSPS) is 17.2. The molecule has 0 spiro atoms. The standard InChI is InChI=1S/C19H23FN2O/c1-23-19(16-5-3-2-4-6-16)15-21-11-13-22(14-12-21)18-9-7-17(20)8-10-18/h2-10,19H,11-15H2,1H3/t19-/m0/s1. The maximum atomic E-state index is 13.0. The van der Waals surface area contributed by atoms with Gasteiger partial charge < -0.3 is 9.64 Å². The molecule has 1 heterocycles. The number of anilines is 1. The number of nitrogens with zero attached hydrogens (tertiary/aromatic N) is 2. The molecule has 2 aromatic rings. The topological polar surface area (TPSA) is 15.7 Å². The highest BCUT2D eigenvalue weighted by Gasteiger charge is 2.21. The van der Waals surface area contributed by atoms with Crippen molar-refractivity contribution < 1.29 is 9.13 Å². The first-order valence-corrected chi connectivity index (χ1v) is 8.07. The summed E-state index contributed by atoms with van der Waals surface area (Å²) >= 11 is 0. The van der Waals surface area contributed by atoms with Crippen molar-refractivity contribution in [1.82, 2.24) is 4.90 Å². The minimum absolute atomic E-state index is 0.105. The lowest BCUT2D eigenvalue weighted by Gasteiger charge is -2.37. The van der Waals surface area contributed by atoms with Gasteiger partial charge in [0.1, 0.15) is 5.82 Å². The van der Waals surface area contributed by atoms with E-state index in [0.29, 0.717) is 0 Å². The van der Waals surface area contributed by atoms with Crippen molar-refractivity contribution in [2.24, 2.45) is 0 Å². The van der Waals surface area contributed by atoms with Gasteiger partial charge in [-0.05, 0) is 29.8 Å². The number of benzene rings is 2. The zero-order valence-electron chi connectivity index (χ0n) is 13.5. The van der Waals surface area contributed by atoms with Gasteiger partial charge in [-0.3, -0.25) is 4.90 Å². The van der Waals surface area contributed by atoms with Crippen LogP contribution in [0.25, 0.3) is 0 Å². The molecule has 1 saturated heterocycles. The lowest BCUT2D eigenvalue weighted by Crippen LogP contribution is -2.47. The molecule has 122 valence electrons. The summed E-state index contributed by atoms with van der Waals surface area (Å²) in [5, 5.41) is 0. The quantitative estimate of drug-likeness (QED) is 0.842. The Morgan fingerprint density at radius 1 is 0.957 bits per heavy atom. The van der Waals surface area contributed by atoms with E-state index in [2.05, 4.69) is 21.9 Å². The molecule has 1 atom stereocenters. The fourth-order valence-electron chi connectivity index (χ4n) is 3.06. The van der Waals surface area contributed by atoms with E-state index in [4.69, 9.17) is 4.74 Å². The lowest BCUT2D eigenvalue weighted by atomic mass is 10.1. The summed E-state index contributed by atoms with van der Waals surface area (Å²) < 4.78 is 18.7. The number of hydrogen-bond acceptors (Lipinski definition) is 3. The van der Waals surface area contributed by atoms with Crippen LogP contribution >= 0.6 is 0 Å². The predicted molar refractivity (Wildman–Crippen MR) is 91.2 cm³/mol. The van der Waals surface area contributed by atoms with Gasteiger partial charge in [-0.15, -0.1) is 0 Å². The molecule has 0 saturated carbocycles. The van der Waals surface area contributed by atoms with Crippen LogP contribution in [-0.2, 0) is 4.74 Å². The third-order valence-corrected chi connectivity index (χ3v) is 4.44. The van der Waals surface area contributed by atoms with Crippen LogP contribution in [0.4, 0.5) is 10.1 Å². The fourth-order valence-corrected chi connectivity index (χ4v) is 3.06. The Hall–Kier alpha value is -1.91. The highest BCUT2D eigenvalue weighted by Crippen LogP contribution is 2.21. The molecular weight excluding hydrogens is 291 g/mol. The van der Waals surface area contributed by atoms with Crippen LogP contribution in [0.15, 0.2) is 54.6 Å². The Kier molecular flexibility index (Phi) is 5.26. The first-order chi connectivity index (χ1) is 11.3. The molecule has 0 unspecified atom stereocenters. The van der Waals surface area contributed by atoms with E-state index in [1.807, 2.05) is 30.3 Å². The molecule has 0 amide bonds. The molecule has 1 aliphatic heterocycles. The number of ether oxygens (including phenoxy) is 1. The van der Waals surface area contributed by atoms with E-state index in [-0.39, 0.29) is 11.9 Å². The second-order valence-electron chi connectivity index (χ2n) is 5.90. The maximum absolute atomic E-state index is 13.0. The summed E-state index contributed by atoms with van der Waals surface area (Å²) in [6.07, 6.45) is 0.105. The molecule has 3 rings (SSSR count). The average Bonchev–Trinajstić information content (AvgIpc) is 2.62. The van der Waals surface area contributed by atoms with E-state index in [0.717, 1.165) is 38.4 Å². The van der Waals surface area contributed by atoms with E-state index >= 15 is 0 Å². The van der Waals surface area contributed by atoms with Gasteiger partial charge in [0.25, 0.3) is 0 Å². The Morgan fingerprint density at radius 3 is 2.22 bits per heavy atom. The molecule has 0 bridgehead atoms. The summed E-state index contributed by atoms with van der Waals surface area (Å²) in [5.41, 5.74) is 2.31. The van der Waals surface area contributed by atoms with E-state index in [9.17, 15) is 4.39 Å². The molecule has 4 heteroatoms. The zero-order valence-corrected chi connectivity index (χ0v) is 13.5. The molecule has 2 aromatic carbocycles. The molecule has 3 nitrogen and oxygen atoms in total. The van der Waals surface area contributed by atoms with Gasteiger partial charge in [0.15, 0.2) is 0 Å². The van der Waals surface area contributed by atoms with Gasteiger partial charge in [0, 0.05) is 45.5 Å². The molecular formula is C19H23FN2O. The van der Waals surface area contributed by atoms with Crippen LogP contribution in [0.3, 0.4) is 0 Å². The van der Waals surface area contributed by atoms with Crippen molar-refractivity contribution >= 4 is 5.69 Å². The highest BCUT2D eigenvalue weighted by molar-refractivity contribution is 5.46. The van der Waals surface area contributed by atoms with E-state index in [1.54, 1.807) is 7.11 Å². The molecule has 1 aliphatic rings. The Balaban J connectivity index is 1.55. The summed E-state index contributed by atoms with van der Waals surface area (Å²) in [6, 6.07) is 17.1. The number of methoxy groups -OCH3 is 1. The van der Waals surface area contributed by atoms with Crippen LogP contribution < -0.4 is 4.90 Å². The van der Waals surface area contributed by atoms with Crippen molar-refractivity contribution in [2.75, 3.05) is 44.7 Å². The summed E-state index contributed by atoms with van der Waals surface area (Å²) in [6.45, 7) is 4.79. The van der Waals surface area contributed by atoms with Crippen LogP contribution in [0.2, 0.25) is 0 Å². The first-order valence-electron chi connectivity index (χ1n) is 8.07. The number of hydrogen-bond donors (Lipinski definition) is 0. The van der Waals surface area contributed by atoms with Gasteiger partial charge in [0.05, 0.1) is 6.10 Å². The van der Waals surface area contributed by atoms with Gasteiger partial charge in [-0.1, -0.05) is 30.3 Å². The minimum Gasteiger partial charge on any atom is -0.375 e. The maximum Gasteiger partial charge on any atom is 0.123 e. The number of halogens is 1. The lowest BCUT2D eigenvalue weighted by molar-refractivity contribution is 0.0615. The zero-order chi connectivity index (χ0) is 16.1. The van der Waals surface area contributed by atoms with Gasteiger partial charge >= 0.3 is 0 Å². The second-order valence-corrected chi connectivity index (χ2v) is 5.90. The SMILES string of the molecule is CO[C@@H](CN1CCN(c2ccc(F)cc2)CC1)c1ccccc1. The first kappa shape index (κ1) is 16.0. The predicted octanol–water partition coefficient (Wildman–Crippen LogP) is 3.34. The van der Waals surface area contributed by atoms with Crippen molar-refractivity contribution in [2.45, 2.75) is 6.10 Å². The molecule has 0 aliphatic carbocycles. The average molecular weight is 314 g/mol. The van der Waals surface area contributed by atoms with Gasteiger partial charge in [-0.2, -0.15) is 0 Å². The van der Waals surface area contributed by atoms with Crippen molar-refractivity contribution in [3.8, 4) is 0 Å². The Bertz CT molecular complexity index is 595. The molecule has 23 heavy (non-hydrogen) atoms. The van der Waals surface area contributed by atoms with Gasteiger partial charge in [0.2, 0.25) is 0 Å². The largest absolute Gasteiger partial charge is 0.375 e. The monoisotopic (exact) mass is 314 g/mol.